The lowest BCUT2D eigenvalue weighted by Crippen LogP contribution is -2.51. The van der Waals surface area contributed by atoms with Crippen molar-refractivity contribution in [2.45, 2.75) is 33.2 Å². The fourth-order valence-corrected chi connectivity index (χ4v) is 3.13. The number of anilines is 2. The zero-order valence-corrected chi connectivity index (χ0v) is 16.1. The summed E-state index contributed by atoms with van der Waals surface area (Å²) in [7, 11) is 0. The van der Waals surface area contributed by atoms with Crippen LogP contribution in [0, 0.1) is 13.8 Å². The molecule has 27 heavy (non-hydrogen) atoms. The van der Waals surface area contributed by atoms with E-state index in [-0.39, 0.29) is 12.5 Å². The Morgan fingerprint density at radius 3 is 2.15 bits per heavy atom. The second kappa shape index (κ2) is 7.27. The van der Waals surface area contributed by atoms with Gasteiger partial charge in [0.25, 0.3) is 5.91 Å². The van der Waals surface area contributed by atoms with E-state index in [1.54, 1.807) is 19.9 Å². The third-order valence-corrected chi connectivity index (χ3v) is 4.63. The van der Waals surface area contributed by atoms with Gasteiger partial charge in [0, 0.05) is 11.4 Å². The first-order valence-electron chi connectivity index (χ1n) is 9.00. The molecule has 0 aliphatic carbocycles. The van der Waals surface area contributed by atoms with Gasteiger partial charge in [0.05, 0.1) is 6.61 Å². The maximum atomic E-state index is 13.2. The van der Waals surface area contributed by atoms with Gasteiger partial charge >= 0.3 is 5.97 Å². The van der Waals surface area contributed by atoms with E-state index < -0.39 is 11.5 Å². The molecule has 0 aromatic heterocycles. The Kier molecular flexibility index (Phi) is 5.04. The number of aryl methyl sites for hydroxylation is 2. The molecule has 1 N–H and O–H groups in total. The van der Waals surface area contributed by atoms with Gasteiger partial charge in [0.1, 0.15) is 5.70 Å². The number of nitrogens with one attached hydrogen (secondary N) is 1. The number of benzene rings is 2. The van der Waals surface area contributed by atoms with Crippen LogP contribution in [0.15, 0.2) is 60.3 Å². The molecule has 1 aliphatic heterocycles. The van der Waals surface area contributed by atoms with E-state index in [0.717, 1.165) is 16.8 Å². The summed E-state index contributed by atoms with van der Waals surface area (Å²) in [4.78, 5) is 27.4. The fourth-order valence-electron chi connectivity index (χ4n) is 3.13. The van der Waals surface area contributed by atoms with E-state index in [9.17, 15) is 9.59 Å². The van der Waals surface area contributed by atoms with Gasteiger partial charge in [-0.2, -0.15) is 0 Å². The van der Waals surface area contributed by atoms with Gasteiger partial charge in [-0.25, -0.2) is 4.79 Å². The van der Waals surface area contributed by atoms with E-state index in [1.165, 1.54) is 4.90 Å². The second-order valence-electron chi connectivity index (χ2n) is 6.89. The summed E-state index contributed by atoms with van der Waals surface area (Å²) in [5.41, 5.74) is 2.79. The molecule has 1 aliphatic rings. The van der Waals surface area contributed by atoms with Gasteiger partial charge in [-0.15, -0.1) is 0 Å². The van der Waals surface area contributed by atoms with Gasteiger partial charge in [-0.05, 0) is 58.0 Å². The highest BCUT2D eigenvalue weighted by Gasteiger charge is 2.49. The Bertz CT molecular complexity index is 885. The molecule has 1 heterocycles. The Labute approximate surface area is 159 Å². The van der Waals surface area contributed by atoms with Gasteiger partial charge in [-0.3, -0.25) is 9.69 Å². The Morgan fingerprint density at radius 2 is 1.59 bits per heavy atom. The van der Waals surface area contributed by atoms with Gasteiger partial charge < -0.3 is 10.1 Å². The van der Waals surface area contributed by atoms with Crippen LogP contribution in [0.1, 0.15) is 25.0 Å². The summed E-state index contributed by atoms with van der Waals surface area (Å²) in [5, 5.41) is 3.14. The van der Waals surface area contributed by atoms with E-state index in [0.29, 0.717) is 11.4 Å². The normalized spacial score (nSPS) is 19.0. The number of rotatable bonds is 5. The van der Waals surface area contributed by atoms with Crippen molar-refractivity contribution in [1.29, 1.82) is 0 Å². The first-order chi connectivity index (χ1) is 12.8. The van der Waals surface area contributed by atoms with Crippen LogP contribution in [0.2, 0.25) is 0 Å². The first kappa shape index (κ1) is 18.7. The number of amides is 1. The van der Waals surface area contributed by atoms with Gasteiger partial charge in [0.2, 0.25) is 0 Å². The summed E-state index contributed by atoms with van der Waals surface area (Å²) in [6.45, 7) is 7.68. The molecular formula is C22H24N2O3. The molecule has 0 spiro atoms. The van der Waals surface area contributed by atoms with E-state index in [1.807, 2.05) is 62.4 Å². The molecule has 1 atom stereocenters. The highest BCUT2D eigenvalue weighted by atomic mass is 16.5. The molecule has 0 unspecified atom stereocenters. The highest BCUT2D eigenvalue weighted by Crippen LogP contribution is 2.35. The Balaban J connectivity index is 1.99. The van der Waals surface area contributed by atoms with Crippen molar-refractivity contribution in [3.05, 3.63) is 71.4 Å². The molecule has 140 valence electrons. The van der Waals surface area contributed by atoms with Crippen LogP contribution in [-0.4, -0.2) is 24.0 Å². The number of nitrogens with zero attached hydrogens (tertiary/aromatic N) is 1. The van der Waals surface area contributed by atoms with E-state index in [2.05, 4.69) is 5.32 Å². The molecule has 0 fully saturated rings. The zero-order valence-electron chi connectivity index (χ0n) is 16.1. The SMILES string of the molecule is CCOC(=O)[C@@]1(C)C=C(Nc2ccc(C)cc2)C(=O)N1c1ccc(C)cc1. The van der Waals surface area contributed by atoms with Crippen molar-refractivity contribution in [1.82, 2.24) is 0 Å². The number of esters is 1. The van der Waals surface area contributed by atoms with E-state index in [4.69, 9.17) is 4.74 Å². The molecule has 2 aromatic carbocycles. The van der Waals surface area contributed by atoms with Crippen LogP contribution in [0.4, 0.5) is 11.4 Å². The lowest BCUT2D eigenvalue weighted by atomic mass is 10.0. The molecule has 0 radical (unpaired) electrons. The lowest BCUT2D eigenvalue weighted by Gasteiger charge is -2.32. The number of ether oxygens (including phenoxy) is 1. The molecule has 5 heteroatoms. The van der Waals surface area contributed by atoms with Gasteiger partial charge in [0.15, 0.2) is 5.54 Å². The highest BCUT2D eigenvalue weighted by molar-refractivity contribution is 6.16. The fraction of sp³-hybridized carbons (Fsp3) is 0.273. The predicted molar refractivity (Wildman–Crippen MR) is 107 cm³/mol. The zero-order chi connectivity index (χ0) is 19.6. The first-order valence-corrected chi connectivity index (χ1v) is 9.00. The summed E-state index contributed by atoms with van der Waals surface area (Å²) in [6.07, 6.45) is 1.65. The largest absolute Gasteiger partial charge is 0.464 e. The van der Waals surface area contributed by atoms with Crippen molar-refractivity contribution < 1.29 is 14.3 Å². The topological polar surface area (TPSA) is 58.6 Å². The maximum absolute atomic E-state index is 13.2. The minimum atomic E-state index is -1.21. The van der Waals surface area contributed by atoms with Crippen molar-refractivity contribution >= 4 is 23.3 Å². The second-order valence-corrected chi connectivity index (χ2v) is 6.89. The monoisotopic (exact) mass is 364 g/mol. The van der Waals surface area contributed by atoms with Crippen molar-refractivity contribution in [2.75, 3.05) is 16.8 Å². The van der Waals surface area contributed by atoms with Crippen LogP contribution in [0.25, 0.3) is 0 Å². The molecule has 0 saturated heterocycles. The molecule has 1 amide bonds. The van der Waals surface area contributed by atoms with Crippen molar-refractivity contribution in [3.8, 4) is 0 Å². The van der Waals surface area contributed by atoms with Crippen molar-refractivity contribution in [3.63, 3.8) is 0 Å². The Morgan fingerprint density at radius 1 is 1.04 bits per heavy atom. The van der Waals surface area contributed by atoms with Crippen LogP contribution in [0.5, 0.6) is 0 Å². The Hall–Kier alpha value is -3.08. The van der Waals surface area contributed by atoms with Crippen LogP contribution >= 0.6 is 0 Å². The van der Waals surface area contributed by atoms with Gasteiger partial charge in [-0.1, -0.05) is 35.4 Å². The third-order valence-electron chi connectivity index (χ3n) is 4.63. The quantitative estimate of drug-likeness (QED) is 0.816. The smallest absolute Gasteiger partial charge is 0.336 e. The summed E-state index contributed by atoms with van der Waals surface area (Å²) >= 11 is 0. The molecular weight excluding hydrogens is 340 g/mol. The third kappa shape index (κ3) is 3.58. The lowest BCUT2D eigenvalue weighted by molar-refractivity contribution is -0.147. The molecule has 0 bridgehead atoms. The van der Waals surface area contributed by atoms with Crippen LogP contribution < -0.4 is 10.2 Å². The molecule has 2 aromatic rings. The molecule has 0 saturated carbocycles. The number of hydrogen-bond donors (Lipinski definition) is 1. The molecule has 5 nitrogen and oxygen atoms in total. The number of carbonyl (C=O) groups is 2. The average molecular weight is 364 g/mol. The standard InChI is InChI=1S/C22H24N2O3/c1-5-27-21(26)22(4)14-19(23-17-10-6-15(2)7-11-17)20(25)24(22)18-12-8-16(3)9-13-18/h6-14,23H,5H2,1-4H3/t22-/m1/s1. The van der Waals surface area contributed by atoms with Crippen LogP contribution in [0.3, 0.4) is 0 Å². The number of carbonyl (C=O) groups excluding carboxylic acids is 2. The summed E-state index contributed by atoms with van der Waals surface area (Å²) in [6, 6.07) is 15.2. The van der Waals surface area contributed by atoms with Crippen LogP contribution in [-0.2, 0) is 14.3 Å². The average Bonchev–Trinajstić information content (AvgIpc) is 2.90. The summed E-state index contributed by atoms with van der Waals surface area (Å²) < 4.78 is 5.26. The predicted octanol–water partition coefficient (Wildman–Crippen LogP) is 3.97. The summed E-state index contributed by atoms with van der Waals surface area (Å²) in [5.74, 6) is -0.727. The number of hydrogen-bond acceptors (Lipinski definition) is 4. The maximum Gasteiger partial charge on any atom is 0.336 e. The van der Waals surface area contributed by atoms with E-state index >= 15 is 0 Å². The molecule has 3 rings (SSSR count). The minimum absolute atomic E-state index is 0.249. The minimum Gasteiger partial charge on any atom is -0.464 e. The van der Waals surface area contributed by atoms with Crippen molar-refractivity contribution in [2.24, 2.45) is 0 Å².